The van der Waals surface area contributed by atoms with Crippen molar-refractivity contribution in [3.05, 3.63) is 35.9 Å². The van der Waals surface area contributed by atoms with E-state index in [9.17, 15) is 4.79 Å². The van der Waals surface area contributed by atoms with Crippen molar-refractivity contribution < 1.29 is 4.79 Å². The minimum atomic E-state index is -0.0256. The van der Waals surface area contributed by atoms with E-state index in [1.54, 1.807) is 0 Å². The Morgan fingerprint density at radius 3 is 2.59 bits per heavy atom. The first-order valence-electron chi connectivity index (χ1n) is 6.34. The number of nitrogens with one attached hydrogen (secondary N) is 2. The van der Waals surface area contributed by atoms with Gasteiger partial charge in [0.1, 0.15) is 0 Å². The number of amides is 1. The van der Waals surface area contributed by atoms with E-state index in [1.807, 2.05) is 6.07 Å². The van der Waals surface area contributed by atoms with Gasteiger partial charge in [-0.2, -0.15) is 0 Å². The van der Waals surface area contributed by atoms with E-state index in [1.165, 1.54) is 31.7 Å². The summed E-state index contributed by atoms with van der Waals surface area (Å²) in [5, 5.41) is 0. The van der Waals surface area contributed by atoms with E-state index in [0.29, 0.717) is 12.0 Å². The predicted molar refractivity (Wildman–Crippen MR) is 68.4 cm³/mol. The molecule has 1 aliphatic rings. The van der Waals surface area contributed by atoms with Crippen molar-refractivity contribution in [2.24, 2.45) is 0 Å². The van der Waals surface area contributed by atoms with Gasteiger partial charge < -0.3 is 0 Å². The molecule has 2 atom stereocenters. The van der Waals surface area contributed by atoms with E-state index in [0.717, 1.165) is 6.42 Å². The van der Waals surface area contributed by atoms with Gasteiger partial charge in [-0.3, -0.25) is 10.2 Å². The first-order valence-corrected chi connectivity index (χ1v) is 6.34. The minimum Gasteiger partial charge on any atom is -0.292 e. The fourth-order valence-electron chi connectivity index (χ4n) is 2.60. The molecule has 1 saturated carbocycles. The zero-order chi connectivity index (χ0) is 12.1. The molecule has 2 rings (SSSR count). The highest BCUT2D eigenvalue weighted by atomic mass is 16.2. The molecule has 2 N–H and O–H groups in total. The maximum Gasteiger partial charge on any atom is 0.230 e. The predicted octanol–water partition coefficient (Wildman–Crippen LogP) is 2.35. The third kappa shape index (κ3) is 3.30. The molecule has 1 amide bonds. The second kappa shape index (κ2) is 5.82. The second-order valence-corrected chi connectivity index (χ2v) is 4.73. The summed E-state index contributed by atoms with van der Waals surface area (Å²) in [5.74, 6) is 0.485. The zero-order valence-electron chi connectivity index (χ0n) is 10.3. The molecule has 0 aliphatic heterocycles. The standard InChI is InChI=1S/C14H20N2O/c1-11(17)15-16-14-10-6-5-9-13(14)12-7-3-2-4-8-12/h2-4,7-8,13-14,16H,5-6,9-10H2,1H3,(H,15,17)/t13-,14-/m0/s1. The number of benzene rings is 1. The molecule has 17 heavy (non-hydrogen) atoms. The fourth-order valence-corrected chi connectivity index (χ4v) is 2.60. The summed E-state index contributed by atoms with van der Waals surface area (Å²) < 4.78 is 0. The Morgan fingerprint density at radius 1 is 1.18 bits per heavy atom. The Morgan fingerprint density at radius 2 is 1.88 bits per heavy atom. The molecule has 0 radical (unpaired) electrons. The van der Waals surface area contributed by atoms with Crippen LogP contribution in [0.1, 0.15) is 44.1 Å². The summed E-state index contributed by atoms with van der Waals surface area (Å²) in [4.78, 5) is 11.0. The van der Waals surface area contributed by atoms with Crippen molar-refractivity contribution in [1.82, 2.24) is 10.9 Å². The van der Waals surface area contributed by atoms with Gasteiger partial charge in [0.05, 0.1) is 0 Å². The summed E-state index contributed by atoms with van der Waals surface area (Å²) in [5.41, 5.74) is 7.27. The second-order valence-electron chi connectivity index (χ2n) is 4.73. The molecule has 0 unspecified atom stereocenters. The number of rotatable bonds is 3. The van der Waals surface area contributed by atoms with Crippen molar-refractivity contribution in [1.29, 1.82) is 0 Å². The van der Waals surface area contributed by atoms with Crippen molar-refractivity contribution in [3.8, 4) is 0 Å². The normalized spacial score (nSPS) is 24.3. The smallest absolute Gasteiger partial charge is 0.230 e. The summed E-state index contributed by atoms with van der Waals surface area (Å²) in [7, 11) is 0. The summed E-state index contributed by atoms with van der Waals surface area (Å²) in [6, 6.07) is 10.9. The van der Waals surface area contributed by atoms with Crippen LogP contribution >= 0.6 is 0 Å². The van der Waals surface area contributed by atoms with Crippen molar-refractivity contribution in [2.75, 3.05) is 0 Å². The van der Waals surface area contributed by atoms with Crippen molar-refractivity contribution in [2.45, 2.75) is 44.6 Å². The molecule has 92 valence electrons. The lowest BCUT2D eigenvalue weighted by Crippen LogP contribution is -2.47. The van der Waals surface area contributed by atoms with Gasteiger partial charge in [-0.25, -0.2) is 5.43 Å². The Bertz CT molecular complexity index is 364. The average Bonchev–Trinajstić information content (AvgIpc) is 2.38. The molecule has 0 aromatic heterocycles. The van der Waals surface area contributed by atoms with Crippen LogP contribution < -0.4 is 10.9 Å². The highest BCUT2D eigenvalue weighted by molar-refractivity contribution is 5.72. The quantitative estimate of drug-likeness (QED) is 0.785. The Kier molecular flexibility index (Phi) is 4.15. The van der Waals surface area contributed by atoms with E-state index in [2.05, 4.69) is 35.1 Å². The van der Waals surface area contributed by atoms with Crippen LogP contribution in [0.15, 0.2) is 30.3 Å². The molecule has 0 bridgehead atoms. The van der Waals surface area contributed by atoms with Gasteiger partial charge in [0.2, 0.25) is 5.91 Å². The highest BCUT2D eigenvalue weighted by Gasteiger charge is 2.26. The molecule has 0 saturated heterocycles. The molecular weight excluding hydrogens is 212 g/mol. The topological polar surface area (TPSA) is 41.1 Å². The monoisotopic (exact) mass is 232 g/mol. The molecule has 0 heterocycles. The lowest BCUT2D eigenvalue weighted by molar-refractivity contribution is -0.120. The largest absolute Gasteiger partial charge is 0.292 e. The zero-order valence-corrected chi connectivity index (χ0v) is 10.3. The Balaban J connectivity index is 2.04. The molecule has 0 spiro atoms. The Hall–Kier alpha value is -1.35. The van der Waals surface area contributed by atoms with Crippen LogP contribution in [0.25, 0.3) is 0 Å². The average molecular weight is 232 g/mol. The number of carbonyl (C=O) groups excluding carboxylic acids is 1. The SMILES string of the molecule is CC(=O)NN[C@H]1CCCC[C@H]1c1ccccc1. The van der Waals surface area contributed by atoms with E-state index < -0.39 is 0 Å². The first kappa shape index (κ1) is 12.1. The van der Waals surface area contributed by atoms with Gasteiger partial charge in [-0.15, -0.1) is 0 Å². The number of hydrogen-bond acceptors (Lipinski definition) is 2. The van der Waals surface area contributed by atoms with Crippen LogP contribution in [0.4, 0.5) is 0 Å². The molecule has 1 fully saturated rings. The van der Waals surface area contributed by atoms with Gasteiger partial charge in [0.15, 0.2) is 0 Å². The molecule has 1 aliphatic carbocycles. The van der Waals surface area contributed by atoms with Gasteiger partial charge in [0.25, 0.3) is 0 Å². The molecule has 1 aromatic carbocycles. The van der Waals surface area contributed by atoms with Crippen molar-refractivity contribution >= 4 is 5.91 Å². The number of hydrogen-bond donors (Lipinski definition) is 2. The number of carbonyl (C=O) groups is 1. The maximum absolute atomic E-state index is 11.0. The van der Waals surface area contributed by atoms with Gasteiger partial charge in [0, 0.05) is 18.9 Å². The lowest BCUT2D eigenvalue weighted by Gasteiger charge is -2.32. The number of hydrazine groups is 1. The van der Waals surface area contributed by atoms with E-state index in [-0.39, 0.29) is 5.91 Å². The summed E-state index contributed by atoms with van der Waals surface area (Å²) >= 11 is 0. The third-order valence-electron chi connectivity index (χ3n) is 3.43. The van der Waals surface area contributed by atoms with Crippen LogP contribution in [-0.4, -0.2) is 11.9 Å². The van der Waals surface area contributed by atoms with Gasteiger partial charge in [-0.05, 0) is 18.4 Å². The fraction of sp³-hybridized carbons (Fsp3) is 0.500. The van der Waals surface area contributed by atoms with Crippen LogP contribution in [0.3, 0.4) is 0 Å². The van der Waals surface area contributed by atoms with Crippen LogP contribution in [0.2, 0.25) is 0 Å². The van der Waals surface area contributed by atoms with Crippen LogP contribution in [-0.2, 0) is 4.79 Å². The Labute approximate surface area is 103 Å². The summed E-state index contributed by atoms with van der Waals surface area (Å²) in [6.45, 7) is 1.54. The van der Waals surface area contributed by atoms with E-state index >= 15 is 0 Å². The van der Waals surface area contributed by atoms with Crippen LogP contribution in [0, 0.1) is 0 Å². The maximum atomic E-state index is 11.0. The third-order valence-corrected chi connectivity index (χ3v) is 3.43. The minimum absolute atomic E-state index is 0.0256. The summed E-state index contributed by atoms with van der Waals surface area (Å²) in [6.07, 6.45) is 4.83. The highest BCUT2D eigenvalue weighted by Crippen LogP contribution is 2.32. The first-order chi connectivity index (χ1) is 8.27. The molecule has 1 aromatic rings. The van der Waals surface area contributed by atoms with Gasteiger partial charge >= 0.3 is 0 Å². The van der Waals surface area contributed by atoms with Gasteiger partial charge in [-0.1, -0.05) is 43.2 Å². The molecular formula is C14H20N2O. The lowest BCUT2D eigenvalue weighted by atomic mass is 9.80. The molecule has 3 nitrogen and oxygen atoms in total. The van der Waals surface area contributed by atoms with E-state index in [4.69, 9.17) is 0 Å². The van der Waals surface area contributed by atoms with Crippen molar-refractivity contribution in [3.63, 3.8) is 0 Å². The van der Waals surface area contributed by atoms with Crippen LogP contribution in [0.5, 0.6) is 0 Å². The molecule has 3 heteroatoms.